The Labute approximate surface area is 113 Å². The lowest BCUT2D eigenvalue weighted by molar-refractivity contribution is 0.0600. The summed E-state index contributed by atoms with van der Waals surface area (Å²) in [4.78, 5) is 12.3. The summed E-state index contributed by atoms with van der Waals surface area (Å²) >= 11 is 5.29. The first-order valence-electron chi connectivity index (χ1n) is 5.97. The predicted molar refractivity (Wildman–Crippen MR) is 75.0 cm³/mol. The number of aliphatic hydroxyl groups is 1. The molecule has 0 saturated carbocycles. The zero-order valence-electron chi connectivity index (χ0n) is 10.5. The quantitative estimate of drug-likeness (QED) is 0.468. The van der Waals surface area contributed by atoms with Gasteiger partial charge in [0.2, 0.25) is 0 Å². The molecule has 98 valence electrons. The van der Waals surface area contributed by atoms with Crippen LogP contribution in [0.15, 0.2) is 24.3 Å². The number of rotatable bonds is 7. The van der Waals surface area contributed by atoms with Gasteiger partial charge in [0.25, 0.3) is 0 Å². The number of hydrogen-bond donors (Lipinski definition) is 1. The molecule has 0 aromatic heterocycles. The summed E-state index contributed by atoms with van der Waals surface area (Å²) < 4.78 is 4.68. The zero-order valence-corrected chi connectivity index (χ0v) is 11.3. The van der Waals surface area contributed by atoms with E-state index in [1.165, 1.54) is 7.11 Å². The topological polar surface area (TPSA) is 46.5 Å². The Bertz CT molecular complexity index is 415. The number of methoxy groups -OCH3 is 1. The van der Waals surface area contributed by atoms with Crippen LogP contribution in [0.3, 0.4) is 0 Å². The molecule has 1 aromatic carbocycles. The van der Waals surface area contributed by atoms with Crippen molar-refractivity contribution in [2.45, 2.75) is 25.7 Å². The summed E-state index contributed by atoms with van der Waals surface area (Å²) in [7, 11) is 1.37. The second-order valence-corrected chi connectivity index (χ2v) is 4.67. The van der Waals surface area contributed by atoms with Gasteiger partial charge in [-0.25, -0.2) is 4.79 Å². The van der Waals surface area contributed by atoms with Crippen LogP contribution in [-0.4, -0.2) is 29.7 Å². The number of hydrogen-bond acceptors (Lipinski definition) is 4. The zero-order chi connectivity index (χ0) is 13.4. The lowest BCUT2D eigenvalue weighted by atomic mass is 10.0. The van der Waals surface area contributed by atoms with Gasteiger partial charge in [0.15, 0.2) is 0 Å². The molecule has 1 rings (SSSR count). The largest absolute Gasteiger partial charge is 0.465 e. The molecule has 0 saturated heterocycles. The number of thiocarbonyl (C=S) groups is 1. The molecule has 0 heterocycles. The molecular weight excluding hydrogens is 248 g/mol. The fraction of sp³-hybridized carbons (Fsp3) is 0.429. The van der Waals surface area contributed by atoms with E-state index in [2.05, 4.69) is 4.74 Å². The van der Waals surface area contributed by atoms with Crippen molar-refractivity contribution in [3.8, 4) is 0 Å². The summed E-state index contributed by atoms with van der Waals surface area (Å²) in [6, 6.07) is 7.32. The molecule has 0 aliphatic heterocycles. The molecule has 0 spiro atoms. The maximum Gasteiger partial charge on any atom is 0.337 e. The monoisotopic (exact) mass is 266 g/mol. The molecule has 0 aliphatic carbocycles. The first-order valence-corrected chi connectivity index (χ1v) is 6.38. The maximum absolute atomic E-state index is 11.4. The normalized spacial score (nSPS) is 10.1. The Hall–Kier alpha value is -1.26. The highest BCUT2D eigenvalue weighted by Crippen LogP contribution is 2.10. The average Bonchev–Trinajstić information content (AvgIpc) is 2.38. The third-order valence-electron chi connectivity index (χ3n) is 2.61. The number of ether oxygens (including phenoxy) is 1. The van der Waals surface area contributed by atoms with E-state index in [4.69, 9.17) is 17.3 Å². The van der Waals surface area contributed by atoms with Crippen molar-refractivity contribution in [1.29, 1.82) is 0 Å². The molecule has 0 radical (unpaired) electrons. The van der Waals surface area contributed by atoms with Crippen molar-refractivity contribution in [2.24, 2.45) is 0 Å². The highest BCUT2D eigenvalue weighted by Gasteiger charge is 2.06. The van der Waals surface area contributed by atoms with Gasteiger partial charge < -0.3 is 9.84 Å². The van der Waals surface area contributed by atoms with Gasteiger partial charge in [-0.15, -0.1) is 0 Å². The van der Waals surface area contributed by atoms with Crippen LogP contribution in [0.1, 0.15) is 35.2 Å². The van der Waals surface area contributed by atoms with E-state index in [9.17, 15) is 4.79 Å². The number of aliphatic hydroxyl groups excluding tert-OH is 1. The van der Waals surface area contributed by atoms with Crippen LogP contribution in [0.2, 0.25) is 0 Å². The van der Waals surface area contributed by atoms with Crippen molar-refractivity contribution in [1.82, 2.24) is 0 Å². The first-order chi connectivity index (χ1) is 8.67. The summed E-state index contributed by atoms with van der Waals surface area (Å²) in [5, 5.41) is 8.70. The van der Waals surface area contributed by atoms with E-state index in [0.29, 0.717) is 12.0 Å². The maximum atomic E-state index is 11.4. The van der Waals surface area contributed by atoms with Crippen molar-refractivity contribution < 1.29 is 14.6 Å². The van der Waals surface area contributed by atoms with E-state index in [0.717, 1.165) is 29.7 Å². The van der Waals surface area contributed by atoms with Gasteiger partial charge >= 0.3 is 5.97 Å². The van der Waals surface area contributed by atoms with E-state index in [1.54, 1.807) is 6.07 Å². The minimum atomic E-state index is -0.331. The summed E-state index contributed by atoms with van der Waals surface area (Å²) in [6.45, 7) is 0.209. The third-order valence-corrected chi connectivity index (χ3v) is 2.96. The number of benzene rings is 1. The molecule has 18 heavy (non-hydrogen) atoms. The molecule has 0 amide bonds. The molecular formula is C14H18O3S. The number of unbranched alkanes of at least 4 members (excludes halogenated alkanes) is 1. The molecule has 0 unspecified atom stereocenters. The summed E-state index contributed by atoms with van der Waals surface area (Å²) in [5.41, 5.74) is 1.57. The van der Waals surface area contributed by atoms with Crippen LogP contribution in [0.25, 0.3) is 0 Å². The van der Waals surface area contributed by atoms with Gasteiger partial charge in [0.05, 0.1) is 12.7 Å². The van der Waals surface area contributed by atoms with Crippen molar-refractivity contribution >= 4 is 23.1 Å². The average molecular weight is 266 g/mol. The lowest BCUT2D eigenvalue weighted by Gasteiger charge is -2.05. The first kappa shape index (κ1) is 14.8. The molecule has 0 aliphatic rings. The predicted octanol–water partition coefficient (Wildman–Crippen LogP) is 2.55. The molecule has 0 bridgehead atoms. The second-order valence-electron chi connectivity index (χ2n) is 4.09. The molecule has 3 nitrogen and oxygen atoms in total. The van der Waals surface area contributed by atoms with E-state index in [1.807, 2.05) is 18.2 Å². The second kappa shape index (κ2) is 7.95. The van der Waals surface area contributed by atoms with E-state index >= 15 is 0 Å². The molecule has 0 atom stereocenters. The molecule has 1 N–H and O–H groups in total. The van der Waals surface area contributed by atoms with Gasteiger partial charge in [0.1, 0.15) is 0 Å². The minimum Gasteiger partial charge on any atom is -0.465 e. The Balaban J connectivity index is 2.56. The third kappa shape index (κ3) is 4.94. The Morgan fingerprint density at radius 3 is 2.83 bits per heavy atom. The smallest absolute Gasteiger partial charge is 0.337 e. The minimum absolute atomic E-state index is 0.209. The number of carbonyl (C=O) groups excluding carboxylic acids is 1. The lowest BCUT2D eigenvalue weighted by Crippen LogP contribution is -2.04. The fourth-order valence-corrected chi connectivity index (χ4v) is 1.99. The highest BCUT2D eigenvalue weighted by molar-refractivity contribution is 7.80. The van der Waals surface area contributed by atoms with E-state index in [-0.39, 0.29) is 12.6 Å². The fourth-order valence-electron chi connectivity index (χ4n) is 1.68. The van der Waals surface area contributed by atoms with Crippen molar-refractivity contribution in [3.63, 3.8) is 0 Å². The standard InChI is InChI=1S/C14H18O3S/c1-17-14(16)12-6-4-5-11(9-12)10-13(18)7-2-3-8-15/h4-6,9,15H,2-3,7-8,10H2,1H3. The van der Waals surface area contributed by atoms with Gasteiger partial charge in [-0.2, -0.15) is 0 Å². The van der Waals surface area contributed by atoms with Crippen LogP contribution < -0.4 is 0 Å². The molecule has 4 heteroatoms. The van der Waals surface area contributed by atoms with Crippen LogP contribution >= 0.6 is 12.2 Å². The SMILES string of the molecule is COC(=O)c1cccc(CC(=S)CCCCO)c1. The molecule has 1 aromatic rings. The van der Waals surface area contributed by atoms with Crippen LogP contribution in [0.4, 0.5) is 0 Å². The number of carbonyl (C=O) groups is 1. The van der Waals surface area contributed by atoms with Crippen LogP contribution in [0.5, 0.6) is 0 Å². The Kier molecular flexibility index (Phi) is 6.54. The molecule has 0 fully saturated rings. The summed E-state index contributed by atoms with van der Waals surface area (Å²) in [5.74, 6) is -0.331. The van der Waals surface area contributed by atoms with Crippen LogP contribution in [-0.2, 0) is 11.2 Å². The number of esters is 1. The highest BCUT2D eigenvalue weighted by atomic mass is 32.1. The van der Waals surface area contributed by atoms with Gasteiger partial charge in [-0.1, -0.05) is 24.4 Å². The van der Waals surface area contributed by atoms with Gasteiger partial charge in [0, 0.05) is 13.0 Å². The Morgan fingerprint density at radius 2 is 2.17 bits per heavy atom. The Morgan fingerprint density at radius 1 is 1.39 bits per heavy atom. The van der Waals surface area contributed by atoms with Crippen molar-refractivity contribution in [2.75, 3.05) is 13.7 Å². The van der Waals surface area contributed by atoms with Crippen molar-refractivity contribution in [3.05, 3.63) is 35.4 Å². The summed E-state index contributed by atoms with van der Waals surface area (Å²) in [6.07, 6.45) is 3.21. The van der Waals surface area contributed by atoms with Crippen LogP contribution in [0, 0.1) is 0 Å². The van der Waals surface area contributed by atoms with E-state index < -0.39 is 0 Å². The van der Waals surface area contributed by atoms with Gasteiger partial charge in [-0.3, -0.25) is 0 Å². The van der Waals surface area contributed by atoms with Gasteiger partial charge in [-0.05, 0) is 41.8 Å².